The highest BCUT2D eigenvalue weighted by Crippen LogP contribution is 2.19. The zero-order chi connectivity index (χ0) is 13.7. The number of amides is 1. The van der Waals surface area contributed by atoms with Crippen LogP contribution in [-0.4, -0.2) is 43.0 Å². The van der Waals surface area contributed by atoms with Crippen molar-refractivity contribution in [2.24, 2.45) is 0 Å². The zero-order valence-corrected chi connectivity index (χ0v) is 11.5. The van der Waals surface area contributed by atoms with E-state index in [9.17, 15) is 9.18 Å². The first-order valence-electron chi connectivity index (χ1n) is 5.71. The van der Waals surface area contributed by atoms with Crippen molar-refractivity contribution in [1.82, 2.24) is 9.88 Å². The number of carbonyl (C=O) groups is 1. The second-order valence-corrected chi connectivity index (χ2v) is 4.61. The number of pyridine rings is 1. The van der Waals surface area contributed by atoms with Crippen molar-refractivity contribution in [3.63, 3.8) is 0 Å². The lowest BCUT2D eigenvalue weighted by Crippen LogP contribution is -2.38. The Morgan fingerprint density at radius 1 is 1.50 bits per heavy atom. The molecule has 0 aliphatic heterocycles. The van der Waals surface area contributed by atoms with E-state index in [1.54, 1.807) is 19.0 Å². The largest absolute Gasteiger partial charge is 0.347 e. The maximum Gasteiger partial charge on any atom is 0.241 e. The average Bonchev–Trinajstić information content (AvgIpc) is 2.28. The number of likely N-dealkylation sites (N-methyl/N-ethyl adjacent to an activating group) is 1. The van der Waals surface area contributed by atoms with Crippen molar-refractivity contribution < 1.29 is 9.18 Å². The summed E-state index contributed by atoms with van der Waals surface area (Å²) >= 11 is 5.66. The van der Waals surface area contributed by atoms with Gasteiger partial charge >= 0.3 is 0 Å². The molecule has 1 heterocycles. The predicted octanol–water partition coefficient (Wildman–Crippen LogP) is 2.18. The average molecular weight is 274 g/mol. The highest BCUT2D eigenvalue weighted by Gasteiger charge is 2.17. The summed E-state index contributed by atoms with van der Waals surface area (Å²) in [6.07, 6.45) is 2.17. The predicted molar refractivity (Wildman–Crippen MR) is 70.4 cm³/mol. The van der Waals surface area contributed by atoms with Crippen LogP contribution in [0.2, 0.25) is 5.02 Å². The van der Waals surface area contributed by atoms with E-state index >= 15 is 0 Å². The molecule has 6 heteroatoms. The molecule has 0 aromatic carbocycles. The SMILES string of the molecule is CCCN(CC(=O)N(C)C)c1ncc(Cl)cc1F. The van der Waals surface area contributed by atoms with Gasteiger partial charge in [0.2, 0.25) is 5.91 Å². The maximum absolute atomic E-state index is 13.8. The molecule has 0 aliphatic carbocycles. The summed E-state index contributed by atoms with van der Waals surface area (Å²) in [5.74, 6) is -0.446. The molecule has 0 N–H and O–H groups in total. The number of carbonyl (C=O) groups excluding carboxylic acids is 1. The Bertz CT molecular complexity index is 426. The lowest BCUT2D eigenvalue weighted by atomic mass is 10.3. The molecule has 1 aromatic heterocycles. The summed E-state index contributed by atoms with van der Waals surface area (Å²) in [5.41, 5.74) is 0. The first kappa shape index (κ1) is 14.7. The lowest BCUT2D eigenvalue weighted by Gasteiger charge is -2.24. The lowest BCUT2D eigenvalue weighted by molar-refractivity contribution is -0.127. The molecular formula is C12H17ClFN3O. The Morgan fingerprint density at radius 2 is 2.17 bits per heavy atom. The van der Waals surface area contributed by atoms with Crippen molar-refractivity contribution in [2.75, 3.05) is 32.1 Å². The molecule has 4 nitrogen and oxygen atoms in total. The summed E-state index contributed by atoms with van der Waals surface area (Å²) in [6, 6.07) is 1.20. The third-order valence-electron chi connectivity index (χ3n) is 2.41. The fraction of sp³-hybridized carbons (Fsp3) is 0.500. The van der Waals surface area contributed by atoms with Crippen molar-refractivity contribution in [3.8, 4) is 0 Å². The molecule has 0 fully saturated rings. The topological polar surface area (TPSA) is 36.4 Å². The van der Waals surface area contributed by atoms with Gasteiger partial charge in [-0.05, 0) is 12.5 Å². The van der Waals surface area contributed by atoms with Crippen molar-refractivity contribution in [3.05, 3.63) is 23.1 Å². The van der Waals surface area contributed by atoms with E-state index in [-0.39, 0.29) is 23.3 Å². The standard InChI is InChI=1S/C12H17ClFN3O/c1-4-5-17(8-11(18)16(2)3)12-10(14)6-9(13)7-15-12/h6-7H,4-5,8H2,1-3H3. The molecule has 1 amide bonds. The van der Waals surface area contributed by atoms with Gasteiger partial charge in [0, 0.05) is 26.8 Å². The Hall–Kier alpha value is -1.36. The van der Waals surface area contributed by atoms with Crippen molar-refractivity contribution in [1.29, 1.82) is 0 Å². The van der Waals surface area contributed by atoms with E-state index in [4.69, 9.17) is 11.6 Å². The monoisotopic (exact) mass is 273 g/mol. The molecule has 1 rings (SSSR count). The summed E-state index contributed by atoms with van der Waals surface area (Å²) < 4.78 is 13.8. The molecule has 0 bridgehead atoms. The van der Waals surface area contributed by atoms with Crippen molar-refractivity contribution >= 4 is 23.3 Å². The number of nitrogens with zero attached hydrogens (tertiary/aromatic N) is 3. The van der Waals surface area contributed by atoms with E-state index in [1.807, 2.05) is 6.92 Å². The van der Waals surface area contributed by atoms with Gasteiger partial charge in [-0.3, -0.25) is 4.79 Å². The molecule has 1 aromatic rings. The number of halogens is 2. The summed E-state index contributed by atoms with van der Waals surface area (Å²) in [6.45, 7) is 2.62. The Balaban J connectivity index is 2.93. The van der Waals surface area contributed by atoms with Crippen LogP contribution in [0.5, 0.6) is 0 Å². The normalized spacial score (nSPS) is 10.3. The van der Waals surface area contributed by atoms with Crippen LogP contribution < -0.4 is 4.90 Å². The van der Waals surface area contributed by atoms with Gasteiger partial charge in [0.15, 0.2) is 11.6 Å². The van der Waals surface area contributed by atoms with Gasteiger partial charge < -0.3 is 9.80 Å². The molecule has 0 aliphatic rings. The fourth-order valence-corrected chi connectivity index (χ4v) is 1.62. The quantitative estimate of drug-likeness (QED) is 0.825. The molecule has 0 saturated heterocycles. The molecule has 100 valence electrons. The number of hydrogen-bond donors (Lipinski definition) is 0. The van der Waals surface area contributed by atoms with Crippen LogP contribution >= 0.6 is 11.6 Å². The van der Waals surface area contributed by atoms with Crippen LogP contribution in [0.1, 0.15) is 13.3 Å². The third kappa shape index (κ3) is 3.84. The molecular weight excluding hydrogens is 257 g/mol. The minimum Gasteiger partial charge on any atom is -0.347 e. The van der Waals surface area contributed by atoms with Crippen molar-refractivity contribution in [2.45, 2.75) is 13.3 Å². The highest BCUT2D eigenvalue weighted by molar-refractivity contribution is 6.30. The molecule has 0 unspecified atom stereocenters. The second kappa shape index (κ2) is 6.54. The first-order valence-corrected chi connectivity index (χ1v) is 6.09. The number of aromatic nitrogens is 1. The summed E-state index contributed by atoms with van der Waals surface area (Å²) in [4.78, 5) is 18.7. The van der Waals surface area contributed by atoms with E-state index in [0.717, 1.165) is 6.42 Å². The van der Waals surface area contributed by atoms with Crippen LogP contribution in [0.3, 0.4) is 0 Å². The molecule has 0 spiro atoms. The van der Waals surface area contributed by atoms with Gasteiger partial charge in [-0.2, -0.15) is 0 Å². The van der Waals surface area contributed by atoms with Gasteiger partial charge in [-0.15, -0.1) is 0 Å². The summed E-state index contributed by atoms with van der Waals surface area (Å²) in [5, 5.41) is 0.242. The summed E-state index contributed by atoms with van der Waals surface area (Å²) in [7, 11) is 3.33. The molecule has 0 radical (unpaired) electrons. The fourth-order valence-electron chi connectivity index (χ4n) is 1.47. The van der Waals surface area contributed by atoms with E-state index in [2.05, 4.69) is 4.98 Å². The minimum absolute atomic E-state index is 0.0976. The van der Waals surface area contributed by atoms with Gasteiger partial charge in [-0.1, -0.05) is 18.5 Å². The maximum atomic E-state index is 13.8. The van der Waals surface area contributed by atoms with Crippen LogP contribution in [0.15, 0.2) is 12.3 Å². The molecule has 0 atom stereocenters. The van der Waals surface area contributed by atoms with Crippen LogP contribution in [-0.2, 0) is 4.79 Å². The Kier molecular flexibility index (Phi) is 5.34. The first-order chi connectivity index (χ1) is 8.45. The molecule has 18 heavy (non-hydrogen) atoms. The zero-order valence-electron chi connectivity index (χ0n) is 10.8. The van der Waals surface area contributed by atoms with E-state index < -0.39 is 5.82 Å². The van der Waals surface area contributed by atoms with Crippen LogP contribution in [0.4, 0.5) is 10.2 Å². The van der Waals surface area contributed by atoms with Crippen LogP contribution in [0, 0.1) is 5.82 Å². The minimum atomic E-state index is -0.512. The van der Waals surface area contributed by atoms with Gasteiger partial charge in [-0.25, -0.2) is 9.37 Å². The van der Waals surface area contributed by atoms with E-state index in [1.165, 1.54) is 17.2 Å². The van der Waals surface area contributed by atoms with E-state index in [0.29, 0.717) is 6.54 Å². The number of hydrogen-bond acceptors (Lipinski definition) is 3. The number of anilines is 1. The second-order valence-electron chi connectivity index (χ2n) is 4.17. The Labute approximate surface area is 111 Å². The highest BCUT2D eigenvalue weighted by atomic mass is 35.5. The molecule has 0 saturated carbocycles. The van der Waals surface area contributed by atoms with Crippen LogP contribution in [0.25, 0.3) is 0 Å². The smallest absolute Gasteiger partial charge is 0.241 e. The number of rotatable bonds is 5. The van der Waals surface area contributed by atoms with Gasteiger partial charge in [0.25, 0.3) is 0 Å². The third-order valence-corrected chi connectivity index (χ3v) is 2.61. The Morgan fingerprint density at radius 3 is 2.67 bits per heavy atom. The van der Waals surface area contributed by atoms with Gasteiger partial charge in [0.1, 0.15) is 0 Å². The van der Waals surface area contributed by atoms with Gasteiger partial charge in [0.05, 0.1) is 11.6 Å².